The smallest absolute Gasteiger partial charge is 0.164 e. The number of aryl methyl sites for hydroxylation is 1. The number of aliphatic hydroxyl groups is 1. The minimum absolute atomic E-state index is 0. The van der Waals surface area contributed by atoms with E-state index >= 15 is 0 Å². The number of hydrogen-bond acceptors (Lipinski definition) is 5. The molecule has 285 valence electrons. The van der Waals surface area contributed by atoms with Gasteiger partial charge in [0.25, 0.3) is 0 Å². The number of benzene rings is 3. The van der Waals surface area contributed by atoms with Crippen LogP contribution in [0.5, 0.6) is 0 Å². The fourth-order valence-corrected chi connectivity index (χ4v) is 9.64. The molecule has 0 spiro atoms. The number of aliphatic hydroxyl groups excluding tert-OH is 1. The number of hydrogen-bond donors (Lipinski definition) is 1. The van der Waals surface area contributed by atoms with Gasteiger partial charge in [-0.25, -0.2) is 0 Å². The fourth-order valence-electron chi connectivity index (χ4n) is 7.00. The molecule has 3 heterocycles. The molecular weight excluding hydrogens is 867 g/mol. The summed E-state index contributed by atoms with van der Waals surface area (Å²) in [5, 5.41) is 16.7. The Morgan fingerprint density at radius 3 is 2.04 bits per heavy atom. The zero-order valence-electron chi connectivity index (χ0n) is 33.8. The van der Waals surface area contributed by atoms with Gasteiger partial charge in [0, 0.05) is 78.7 Å². The Bertz CT molecular complexity index is 2260. The predicted molar refractivity (Wildman–Crippen MR) is 229 cm³/mol. The van der Waals surface area contributed by atoms with Gasteiger partial charge < -0.3 is 5.11 Å². The van der Waals surface area contributed by atoms with Crippen molar-refractivity contribution in [3.05, 3.63) is 88.6 Å². The average molecular weight is 925 g/mol. The third kappa shape index (κ3) is 8.52. The molecule has 3 nitrogen and oxygen atoms in total. The van der Waals surface area contributed by atoms with Gasteiger partial charge in [-0.1, -0.05) is 105 Å². The van der Waals surface area contributed by atoms with Crippen molar-refractivity contribution in [2.75, 3.05) is 0 Å². The van der Waals surface area contributed by atoms with Crippen LogP contribution in [0, 0.1) is 29.7 Å². The van der Waals surface area contributed by atoms with Gasteiger partial charge in [0.1, 0.15) is 5.76 Å². The molecule has 1 N–H and O–H groups in total. The summed E-state index contributed by atoms with van der Waals surface area (Å²) in [7, 11) is 0. The first-order valence-corrected chi connectivity index (χ1v) is 20.8. The van der Waals surface area contributed by atoms with Crippen LogP contribution in [0.15, 0.2) is 66.6 Å². The number of nitrogens with zero attached hydrogens (tertiary/aromatic N) is 1. The monoisotopic (exact) mass is 925 g/mol. The Hall–Kier alpha value is -2.89. The minimum Gasteiger partial charge on any atom is -0.512 e. The number of fused-ring (bicyclic) bond motifs is 6. The number of rotatable bonds is 10. The van der Waals surface area contributed by atoms with Crippen LogP contribution in [0.3, 0.4) is 0 Å². The van der Waals surface area contributed by atoms with Gasteiger partial charge in [0.2, 0.25) is 0 Å². The van der Waals surface area contributed by atoms with E-state index < -0.39 is 0 Å². The summed E-state index contributed by atoms with van der Waals surface area (Å²) in [6, 6.07) is 21.5. The molecule has 3 aromatic heterocycles. The van der Waals surface area contributed by atoms with Crippen molar-refractivity contribution in [1.29, 1.82) is 0 Å². The Morgan fingerprint density at radius 1 is 0.849 bits per heavy atom. The Labute approximate surface area is 339 Å². The van der Waals surface area contributed by atoms with Crippen LogP contribution in [0.4, 0.5) is 0 Å². The van der Waals surface area contributed by atoms with E-state index in [1.54, 1.807) is 0 Å². The molecule has 1 radical (unpaired) electrons. The van der Waals surface area contributed by atoms with E-state index in [1.807, 2.05) is 70.4 Å². The van der Waals surface area contributed by atoms with E-state index in [0.717, 1.165) is 48.7 Å². The van der Waals surface area contributed by atoms with Crippen molar-refractivity contribution in [2.45, 2.75) is 121 Å². The molecular formula is C47H58IrNO2S2-. The van der Waals surface area contributed by atoms with E-state index in [0.29, 0.717) is 5.92 Å². The van der Waals surface area contributed by atoms with Crippen molar-refractivity contribution < 1.29 is 30.0 Å². The van der Waals surface area contributed by atoms with Gasteiger partial charge >= 0.3 is 0 Å². The molecule has 0 saturated carbocycles. The second-order valence-corrected chi connectivity index (χ2v) is 18.7. The number of allylic oxidation sites excluding steroid dienone is 2. The van der Waals surface area contributed by atoms with Crippen LogP contribution in [0.1, 0.15) is 118 Å². The average Bonchev–Trinajstić information content (AvgIpc) is 3.66. The maximum atomic E-state index is 12.2. The summed E-state index contributed by atoms with van der Waals surface area (Å²) in [5.41, 5.74) is 4.36. The largest absolute Gasteiger partial charge is 0.512 e. The molecule has 0 bridgehead atoms. The molecule has 6 rings (SSSR count). The summed E-state index contributed by atoms with van der Waals surface area (Å²) in [4.78, 5) is 18.6. The predicted octanol–water partition coefficient (Wildman–Crippen LogP) is 14.7. The van der Waals surface area contributed by atoms with Crippen LogP contribution >= 0.6 is 22.7 Å². The third-order valence-electron chi connectivity index (χ3n) is 11.6. The minimum atomic E-state index is -0.337. The fraction of sp³-hybridized carbons (Fsp3) is 0.447. The number of pyridine rings is 1. The van der Waals surface area contributed by atoms with Crippen molar-refractivity contribution in [2.24, 2.45) is 16.7 Å². The SMILES string of the molecule is CCC(C)(CC)C(=O)/C=C(\O)C(C)(CC)CC.Cc1c(CC(C)C)sc2ccc3sc4c(-c5[c-]c6ccccc6c(C(C)(C)C)c5)nccc4c3c12.[Ir]. The summed E-state index contributed by atoms with van der Waals surface area (Å²) < 4.78 is 4.00. The normalized spacial score (nSPS) is 12.8. The Kier molecular flexibility index (Phi) is 13.6. The van der Waals surface area contributed by atoms with Crippen LogP contribution in [0.25, 0.3) is 52.3 Å². The first-order chi connectivity index (χ1) is 24.5. The van der Waals surface area contributed by atoms with Crippen molar-refractivity contribution in [1.82, 2.24) is 4.98 Å². The molecule has 0 aliphatic heterocycles. The van der Waals surface area contributed by atoms with Crippen LogP contribution < -0.4 is 0 Å². The van der Waals surface area contributed by atoms with E-state index in [-0.39, 0.29) is 47.9 Å². The number of carbonyl (C=O) groups is 1. The quantitative estimate of drug-likeness (QED) is 0.0846. The third-order valence-corrected chi connectivity index (χ3v) is 14.0. The van der Waals surface area contributed by atoms with Crippen LogP contribution in [-0.4, -0.2) is 15.9 Å². The standard InChI is InChI=1S/C32H30NS2.C15H28O2.Ir/c1-18(2)15-27-19(3)28-25(34-27)11-12-26-29(28)23-13-14-33-30(31(23)35-26)21-16-20-9-7-8-10-22(20)24(17-21)32(4,5)6;1-7-14(5,8-2)12(16)11-13(17)15(6,9-3)10-4;/h7-14,17-18H,15H2,1-6H3;11,16H,7-10H2,1-6H3;/q-1;;/b;12-11-;. The topological polar surface area (TPSA) is 50.2 Å². The molecule has 0 saturated heterocycles. The Balaban J connectivity index is 0.000000299. The number of carbonyl (C=O) groups excluding carboxylic acids is 1. The Morgan fingerprint density at radius 2 is 1.45 bits per heavy atom. The zero-order chi connectivity index (χ0) is 38.2. The van der Waals surface area contributed by atoms with Crippen molar-refractivity contribution in [3.63, 3.8) is 0 Å². The van der Waals surface area contributed by atoms with Crippen molar-refractivity contribution >= 4 is 69.5 Å². The molecule has 0 atom stereocenters. The molecule has 3 aromatic carbocycles. The first kappa shape index (κ1) is 42.8. The second kappa shape index (κ2) is 16.9. The molecule has 6 aromatic rings. The zero-order valence-corrected chi connectivity index (χ0v) is 37.9. The summed E-state index contributed by atoms with van der Waals surface area (Å²) in [6.07, 6.45) is 7.88. The maximum Gasteiger partial charge on any atom is 0.164 e. The van der Waals surface area contributed by atoms with Crippen molar-refractivity contribution in [3.8, 4) is 11.3 Å². The van der Waals surface area contributed by atoms with E-state index in [2.05, 4.69) is 96.1 Å². The van der Waals surface area contributed by atoms with E-state index in [9.17, 15) is 9.90 Å². The first-order valence-electron chi connectivity index (χ1n) is 19.1. The van der Waals surface area contributed by atoms with Gasteiger partial charge in [-0.15, -0.1) is 51.8 Å². The molecule has 0 fully saturated rings. The van der Waals surface area contributed by atoms with E-state index in [1.165, 1.54) is 57.7 Å². The summed E-state index contributed by atoms with van der Waals surface area (Å²) >= 11 is 3.84. The van der Waals surface area contributed by atoms with Gasteiger partial charge in [-0.05, 0) is 79.5 Å². The molecule has 53 heavy (non-hydrogen) atoms. The van der Waals surface area contributed by atoms with Gasteiger partial charge in [-0.2, -0.15) is 0 Å². The van der Waals surface area contributed by atoms with Crippen LogP contribution in [-0.2, 0) is 36.7 Å². The van der Waals surface area contributed by atoms with Gasteiger partial charge in [0.05, 0.1) is 0 Å². The molecule has 0 aliphatic rings. The maximum absolute atomic E-state index is 12.2. The van der Waals surface area contributed by atoms with E-state index in [4.69, 9.17) is 4.98 Å². The second-order valence-electron chi connectivity index (χ2n) is 16.5. The molecule has 0 aliphatic carbocycles. The number of ketones is 1. The number of thiophene rings is 2. The molecule has 0 unspecified atom stereocenters. The van der Waals surface area contributed by atoms with Crippen LogP contribution in [0.2, 0.25) is 0 Å². The molecule has 6 heteroatoms. The number of aromatic nitrogens is 1. The van der Waals surface area contributed by atoms with Gasteiger partial charge in [0.15, 0.2) is 5.78 Å². The summed E-state index contributed by atoms with van der Waals surface area (Å²) in [5.74, 6) is 0.946. The summed E-state index contributed by atoms with van der Waals surface area (Å²) in [6.45, 7) is 25.9. The van der Waals surface area contributed by atoms with Gasteiger partial charge in [-0.3, -0.25) is 9.78 Å². The molecule has 0 amide bonds.